The largest absolute Gasteiger partial charge is 0.370 e. The fourth-order valence-corrected chi connectivity index (χ4v) is 2.20. The van der Waals surface area contributed by atoms with Gasteiger partial charge in [0, 0.05) is 25.0 Å². The smallest absolute Gasteiger partial charge is 0.137 e. The molecule has 0 saturated carbocycles. The molecule has 0 aliphatic rings. The van der Waals surface area contributed by atoms with E-state index >= 15 is 0 Å². The van der Waals surface area contributed by atoms with E-state index in [1.165, 1.54) is 0 Å². The number of pyridine rings is 1. The van der Waals surface area contributed by atoms with Crippen LogP contribution in [0.1, 0.15) is 19.2 Å². The number of imidazole rings is 1. The summed E-state index contributed by atoms with van der Waals surface area (Å²) in [5, 5.41) is 3.31. The van der Waals surface area contributed by atoms with Crippen LogP contribution in [-0.4, -0.2) is 25.9 Å². The molecule has 5 heteroatoms. The van der Waals surface area contributed by atoms with Crippen LogP contribution in [-0.2, 0) is 0 Å². The minimum absolute atomic E-state index is 0.762. The van der Waals surface area contributed by atoms with Crippen molar-refractivity contribution in [2.24, 2.45) is 0 Å². The molecule has 0 aliphatic carbocycles. The van der Waals surface area contributed by atoms with Gasteiger partial charge in [-0.25, -0.2) is 15.0 Å². The molecule has 3 rings (SSSR count). The van der Waals surface area contributed by atoms with Gasteiger partial charge in [-0.05, 0) is 25.5 Å². The van der Waals surface area contributed by atoms with E-state index in [4.69, 9.17) is 0 Å². The summed E-state index contributed by atoms with van der Waals surface area (Å²) < 4.78 is 2.03. The van der Waals surface area contributed by atoms with Gasteiger partial charge in [-0.1, -0.05) is 13.0 Å². The molecule has 0 unspecified atom stereocenters. The zero-order valence-corrected chi connectivity index (χ0v) is 11.7. The molecule has 20 heavy (non-hydrogen) atoms. The van der Waals surface area contributed by atoms with Gasteiger partial charge in [0.25, 0.3) is 0 Å². The van der Waals surface area contributed by atoms with Crippen LogP contribution in [0.5, 0.6) is 0 Å². The second-order valence-electron chi connectivity index (χ2n) is 4.68. The summed E-state index contributed by atoms with van der Waals surface area (Å²) in [7, 11) is 0. The summed E-state index contributed by atoms with van der Waals surface area (Å²) in [6.07, 6.45) is 4.81. The summed E-state index contributed by atoms with van der Waals surface area (Å²) >= 11 is 0. The van der Waals surface area contributed by atoms with Gasteiger partial charge in [0.05, 0.1) is 11.4 Å². The van der Waals surface area contributed by atoms with Crippen LogP contribution in [0.2, 0.25) is 0 Å². The van der Waals surface area contributed by atoms with E-state index in [-0.39, 0.29) is 0 Å². The fraction of sp³-hybridized carbons (Fsp3) is 0.267. The Balaban J connectivity index is 2.09. The zero-order chi connectivity index (χ0) is 13.9. The highest BCUT2D eigenvalue weighted by Crippen LogP contribution is 2.21. The molecule has 1 N–H and O–H groups in total. The van der Waals surface area contributed by atoms with Crippen molar-refractivity contribution in [3.05, 3.63) is 42.5 Å². The first-order chi connectivity index (χ1) is 9.78. The van der Waals surface area contributed by atoms with E-state index in [1.54, 1.807) is 6.20 Å². The zero-order valence-electron chi connectivity index (χ0n) is 11.7. The molecule has 3 aromatic rings. The van der Waals surface area contributed by atoms with E-state index in [1.807, 2.05) is 41.8 Å². The maximum Gasteiger partial charge on any atom is 0.137 e. The van der Waals surface area contributed by atoms with Crippen LogP contribution in [0.15, 0.2) is 36.7 Å². The van der Waals surface area contributed by atoms with Crippen molar-refractivity contribution in [1.29, 1.82) is 0 Å². The number of nitrogens with one attached hydrogen (secondary N) is 1. The minimum atomic E-state index is 0.762. The highest BCUT2D eigenvalue weighted by Gasteiger charge is 2.08. The van der Waals surface area contributed by atoms with Crippen LogP contribution in [0.3, 0.4) is 0 Å². The Bertz CT molecular complexity index is 732. The van der Waals surface area contributed by atoms with Gasteiger partial charge in [0.15, 0.2) is 0 Å². The molecular weight excluding hydrogens is 250 g/mol. The van der Waals surface area contributed by atoms with Crippen LogP contribution in [0.4, 0.5) is 5.82 Å². The number of fused-ring (bicyclic) bond motifs is 1. The van der Waals surface area contributed by atoms with Crippen molar-refractivity contribution in [3.63, 3.8) is 0 Å². The molecule has 102 valence electrons. The third-order valence-electron chi connectivity index (χ3n) is 3.08. The molecular formula is C15H17N5. The van der Waals surface area contributed by atoms with Gasteiger partial charge in [-0.2, -0.15) is 0 Å². The highest BCUT2D eigenvalue weighted by molar-refractivity contribution is 5.62. The number of nitrogens with zero attached hydrogens (tertiary/aromatic N) is 4. The lowest BCUT2D eigenvalue weighted by molar-refractivity contribution is 0.953. The predicted molar refractivity (Wildman–Crippen MR) is 79.7 cm³/mol. The van der Waals surface area contributed by atoms with Crippen molar-refractivity contribution in [1.82, 2.24) is 19.4 Å². The van der Waals surface area contributed by atoms with E-state index in [2.05, 4.69) is 27.2 Å². The number of aryl methyl sites for hydroxylation is 1. The Morgan fingerprint density at radius 1 is 1.25 bits per heavy atom. The molecule has 3 heterocycles. The first kappa shape index (κ1) is 12.6. The molecule has 0 aromatic carbocycles. The molecule has 0 spiro atoms. The molecule has 0 radical (unpaired) electrons. The number of hydrogen-bond donors (Lipinski definition) is 1. The van der Waals surface area contributed by atoms with Gasteiger partial charge < -0.3 is 5.32 Å². The van der Waals surface area contributed by atoms with Crippen molar-refractivity contribution in [2.45, 2.75) is 20.3 Å². The molecule has 0 atom stereocenters. The van der Waals surface area contributed by atoms with E-state index in [9.17, 15) is 0 Å². The third kappa shape index (κ3) is 2.34. The quantitative estimate of drug-likeness (QED) is 0.789. The summed E-state index contributed by atoms with van der Waals surface area (Å²) in [4.78, 5) is 13.3. The Morgan fingerprint density at radius 2 is 2.15 bits per heavy atom. The Labute approximate surface area is 117 Å². The summed E-state index contributed by atoms with van der Waals surface area (Å²) in [5.41, 5.74) is 2.84. The standard InChI is InChI=1S/C15H17N5/c1-3-7-16-14-10-12(18-11(2)19-14)13-5-4-6-15-17-8-9-20(13)15/h4-6,8-10H,3,7H2,1-2H3,(H,16,18,19). The van der Waals surface area contributed by atoms with Gasteiger partial charge in [-0.3, -0.25) is 4.40 Å². The van der Waals surface area contributed by atoms with Crippen LogP contribution < -0.4 is 5.32 Å². The molecule has 0 saturated heterocycles. The Morgan fingerprint density at radius 3 is 3.00 bits per heavy atom. The summed E-state index contributed by atoms with van der Waals surface area (Å²) in [6, 6.07) is 8.00. The maximum atomic E-state index is 4.54. The van der Waals surface area contributed by atoms with Crippen molar-refractivity contribution >= 4 is 11.5 Å². The first-order valence-corrected chi connectivity index (χ1v) is 6.80. The maximum absolute atomic E-state index is 4.54. The highest BCUT2D eigenvalue weighted by atomic mass is 15.0. The molecule has 0 aliphatic heterocycles. The summed E-state index contributed by atoms with van der Waals surface area (Å²) in [5.74, 6) is 1.63. The van der Waals surface area contributed by atoms with Gasteiger partial charge >= 0.3 is 0 Å². The van der Waals surface area contributed by atoms with Crippen molar-refractivity contribution in [2.75, 3.05) is 11.9 Å². The lowest BCUT2D eigenvalue weighted by atomic mass is 10.2. The first-order valence-electron chi connectivity index (χ1n) is 6.80. The molecule has 0 fully saturated rings. The van der Waals surface area contributed by atoms with Crippen molar-refractivity contribution in [3.8, 4) is 11.4 Å². The number of anilines is 1. The van der Waals surface area contributed by atoms with Crippen molar-refractivity contribution < 1.29 is 0 Å². The lowest BCUT2D eigenvalue weighted by Crippen LogP contribution is -2.05. The number of hydrogen-bond acceptors (Lipinski definition) is 4. The lowest BCUT2D eigenvalue weighted by Gasteiger charge is -2.09. The van der Waals surface area contributed by atoms with Crippen LogP contribution >= 0.6 is 0 Å². The van der Waals surface area contributed by atoms with Gasteiger partial charge in [-0.15, -0.1) is 0 Å². The minimum Gasteiger partial charge on any atom is -0.370 e. The molecule has 3 aromatic heterocycles. The van der Waals surface area contributed by atoms with Gasteiger partial charge in [0.1, 0.15) is 17.3 Å². The third-order valence-corrected chi connectivity index (χ3v) is 3.08. The average Bonchev–Trinajstić information content (AvgIpc) is 2.92. The van der Waals surface area contributed by atoms with E-state index in [0.717, 1.165) is 41.6 Å². The normalized spacial score (nSPS) is 10.9. The molecule has 0 bridgehead atoms. The molecule has 0 amide bonds. The average molecular weight is 267 g/mol. The SMILES string of the molecule is CCCNc1cc(-c2cccc3nccn23)nc(C)n1. The van der Waals surface area contributed by atoms with Crippen LogP contribution in [0, 0.1) is 6.92 Å². The fourth-order valence-electron chi connectivity index (χ4n) is 2.20. The van der Waals surface area contributed by atoms with E-state index in [0.29, 0.717) is 0 Å². The monoisotopic (exact) mass is 267 g/mol. The molecule has 5 nitrogen and oxygen atoms in total. The predicted octanol–water partition coefficient (Wildman–Crippen LogP) is 2.92. The second-order valence-corrected chi connectivity index (χ2v) is 4.68. The van der Waals surface area contributed by atoms with Crippen LogP contribution in [0.25, 0.3) is 17.0 Å². The second kappa shape index (κ2) is 5.28. The van der Waals surface area contributed by atoms with Gasteiger partial charge in [0.2, 0.25) is 0 Å². The number of rotatable bonds is 4. The topological polar surface area (TPSA) is 55.1 Å². The number of aromatic nitrogens is 4. The van der Waals surface area contributed by atoms with E-state index < -0.39 is 0 Å². The Hall–Kier alpha value is -2.43. The summed E-state index contributed by atoms with van der Waals surface area (Å²) in [6.45, 7) is 4.95. The Kier molecular flexibility index (Phi) is 3.33.